The van der Waals surface area contributed by atoms with Crippen LogP contribution in [-0.2, 0) is 9.47 Å². The lowest BCUT2D eigenvalue weighted by atomic mass is 9.97. The number of rotatable bonds is 6. The van der Waals surface area contributed by atoms with Crippen molar-refractivity contribution < 1.29 is 9.47 Å². The number of benzene rings is 4. The van der Waals surface area contributed by atoms with Crippen LogP contribution in [0.2, 0.25) is 0 Å². The van der Waals surface area contributed by atoms with E-state index < -0.39 is 0 Å². The lowest BCUT2D eigenvalue weighted by Crippen LogP contribution is -2.23. The van der Waals surface area contributed by atoms with Crippen LogP contribution in [-0.4, -0.2) is 11.8 Å². The van der Waals surface area contributed by atoms with Crippen LogP contribution in [0.4, 0.5) is 0 Å². The minimum absolute atomic E-state index is 0.122. The fraction of sp³-hybridized carbons (Fsp3) is 0.188. The van der Waals surface area contributed by atoms with Gasteiger partial charge in [-0.1, -0.05) is 121 Å². The van der Waals surface area contributed by atoms with E-state index in [-0.39, 0.29) is 30.2 Å². The normalized spacial score (nSPS) is 23.1. The zero-order chi connectivity index (χ0) is 24.3. The molecule has 0 saturated carbocycles. The highest BCUT2D eigenvalue weighted by Gasteiger charge is 2.41. The highest BCUT2D eigenvalue weighted by Crippen LogP contribution is 2.44. The predicted octanol–water partition coefficient (Wildman–Crippen LogP) is 7.45. The molecule has 0 fully saturated rings. The molecule has 0 amide bonds. The zero-order valence-electron chi connectivity index (χ0n) is 20.1. The molecule has 4 aromatic carbocycles. The molecule has 36 heavy (non-hydrogen) atoms. The van der Waals surface area contributed by atoms with Crippen molar-refractivity contribution >= 4 is 11.8 Å². The van der Waals surface area contributed by atoms with E-state index in [0.29, 0.717) is 11.8 Å². The van der Waals surface area contributed by atoms with Crippen LogP contribution in [0, 0.1) is 5.92 Å². The van der Waals surface area contributed by atoms with Crippen molar-refractivity contribution in [2.75, 3.05) is 0 Å². The van der Waals surface area contributed by atoms with E-state index in [1.54, 1.807) is 0 Å². The lowest BCUT2D eigenvalue weighted by molar-refractivity contribution is 0.175. The number of hydrogen-bond donors (Lipinski definition) is 0. The van der Waals surface area contributed by atoms with Gasteiger partial charge >= 0.3 is 0 Å². The van der Waals surface area contributed by atoms with E-state index in [0.717, 1.165) is 22.3 Å². The van der Waals surface area contributed by atoms with Crippen molar-refractivity contribution in [2.24, 2.45) is 15.9 Å². The first-order valence-electron chi connectivity index (χ1n) is 12.5. The maximum absolute atomic E-state index is 6.56. The van der Waals surface area contributed by atoms with Crippen LogP contribution in [0.3, 0.4) is 0 Å². The fourth-order valence-electron chi connectivity index (χ4n) is 4.98. The summed E-state index contributed by atoms with van der Waals surface area (Å²) < 4.78 is 13.1. The van der Waals surface area contributed by atoms with Crippen molar-refractivity contribution in [2.45, 2.75) is 31.2 Å². The molecule has 4 nitrogen and oxygen atoms in total. The minimum atomic E-state index is -0.204. The number of aliphatic imine (C=N–C) groups is 2. The average molecular weight is 473 g/mol. The van der Waals surface area contributed by atoms with Crippen LogP contribution in [0.25, 0.3) is 0 Å². The molecule has 0 spiro atoms. The Hall–Kier alpha value is -4.18. The molecule has 178 valence electrons. The molecule has 2 heterocycles. The molecule has 0 aliphatic carbocycles. The van der Waals surface area contributed by atoms with Crippen molar-refractivity contribution in [1.82, 2.24) is 0 Å². The summed E-state index contributed by atoms with van der Waals surface area (Å²) >= 11 is 0. The Bertz CT molecular complexity index is 1250. The van der Waals surface area contributed by atoms with Gasteiger partial charge in [-0.25, -0.2) is 9.98 Å². The first-order valence-corrected chi connectivity index (χ1v) is 12.5. The van der Waals surface area contributed by atoms with E-state index in [9.17, 15) is 0 Å². The number of nitrogens with zero attached hydrogens (tertiary/aromatic N) is 2. The largest absolute Gasteiger partial charge is 0.470 e. The van der Waals surface area contributed by atoms with Crippen LogP contribution in [0.1, 0.15) is 53.5 Å². The molecular weight excluding hydrogens is 444 g/mol. The van der Waals surface area contributed by atoms with Crippen molar-refractivity contribution in [3.63, 3.8) is 0 Å². The molecule has 4 heteroatoms. The Balaban J connectivity index is 1.33. The quantitative estimate of drug-likeness (QED) is 0.293. The molecule has 0 bridgehead atoms. The second-order valence-corrected chi connectivity index (χ2v) is 9.27. The van der Waals surface area contributed by atoms with Gasteiger partial charge in [0.2, 0.25) is 0 Å². The summed E-state index contributed by atoms with van der Waals surface area (Å²) in [4.78, 5) is 10.2. The van der Waals surface area contributed by atoms with Crippen molar-refractivity contribution in [3.8, 4) is 0 Å². The van der Waals surface area contributed by atoms with Gasteiger partial charge in [-0.2, -0.15) is 0 Å². The van der Waals surface area contributed by atoms with Crippen LogP contribution >= 0.6 is 0 Å². The maximum atomic E-state index is 6.56. The highest BCUT2D eigenvalue weighted by molar-refractivity contribution is 6.01. The third-order valence-corrected chi connectivity index (χ3v) is 6.88. The van der Waals surface area contributed by atoms with E-state index in [2.05, 4.69) is 55.5 Å². The minimum Gasteiger partial charge on any atom is -0.470 e. The Morgan fingerprint density at radius 2 is 0.778 bits per heavy atom. The zero-order valence-corrected chi connectivity index (χ0v) is 20.1. The summed E-state index contributed by atoms with van der Waals surface area (Å²) in [7, 11) is 0. The monoisotopic (exact) mass is 472 g/mol. The molecule has 0 unspecified atom stereocenters. The van der Waals surface area contributed by atoms with Gasteiger partial charge in [0.15, 0.2) is 24.0 Å². The van der Waals surface area contributed by atoms with Crippen molar-refractivity contribution in [1.29, 1.82) is 0 Å². The highest BCUT2D eigenvalue weighted by atomic mass is 16.5. The van der Waals surface area contributed by atoms with E-state index in [4.69, 9.17) is 19.5 Å². The summed E-state index contributed by atoms with van der Waals surface area (Å²) in [5, 5.41) is 0. The van der Waals surface area contributed by atoms with Crippen LogP contribution < -0.4 is 0 Å². The maximum Gasteiger partial charge on any atom is 0.197 e. The van der Waals surface area contributed by atoms with Crippen molar-refractivity contribution in [3.05, 3.63) is 144 Å². The van der Waals surface area contributed by atoms with Gasteiger partial charge in [0.25, 0.3) is 0 Å². The lowest BCUT2D eigenvalue weighted by Gasteiger charge is -2.20. The summed E-state index contributed by atoms with van der Waals surface area (Å²) in [6, 6.07) is 41.1. The van der Waals surface area contributed by atoms with Gasteiger partial charge in [0.1, 0.15) is 18.0 Å². The molecule has 4 aromatic rings. The molecule has 2 aliphatic rings. The van der Waals surface area contributed by atoms with Crippen LogP contribution in [0.15, 0.2) is 131 Å². The molecule has 2 aliphatic heterocycles. The SMILES string of the molecule is CC(C1=N[C@H](c2ccccc2)[C@H](c2ccccc2)O1)C1=N[C@H](c2ccccc2)[C@H](c2ccccc2)O1. The smallest absolute Gasteiger partial charge is 0.197 e. The van der Waals surface area contributed by atoms with Gasteiger partial charge in [-0.15, -0.1) is 0 Å². The Kier molecular flexibility index (Phi) is 6.08. The topological polar surface area (TPSA) is 43.2 Å². The van der Waals surface area contributed by atoms with Gasteiger partial charge in [0, 0.05) is 0 Å². The Morgan fingerprint density at radius 3 is 1.11 bits per heavy atom. The van der Waals surface area contributed by atoms with Gasteiger partial charge < -0.3 is 9.47 Å². The molecule has 0 radical (unpaired) electrons. The van der Waals surface area contributed by atoms with Gasteiger partial charge in [-0.3, -0.25) is 0 Å². The molecule has 0 N–H and O–H groups in total. The second-order valence-electron chi connectivity index (χ2n) is 9.27. The predicted molar refractivity (Wildman–Crippen MR) is 143 cm³/mol. The fourth-order valence-corrected chi connectivity index (χ4v) is 4.98. The molecule has 4 atom stereocenters. The number of ether oxygens (including phenoxy) is 2. The van der Waals surface area contributed by atoms with E-state index in [1.807, 2.05) is 72.8 Å². The summed E-state index contributed by atoms with van der Waals surface area (Å²) in [5.74, 6) is 1.12. The Labute approximate surface area is 212 Å². The third-order valence-electron chi connectivity index (χ3n) is 6.88. The Morgan fingerprint density at radius 1 is 0.472 bits per heavy atom. The first-order chi connectivity index (χ1) is 17.8. The van der Waals surface area contributed by atoms with Gasteiger partial charge in [0.05, 0.1) is 0 Å². The third kappa shape index (κ3) is 4.31. The summed E-state index contributed by atoms with van der Waals surface area (Å²) in [6.45, 7) is 2.07. The summed E-state index contributed by atoms with van der Waals surface area (Å²) in [6.07, 6.45) is -0.384. The molecule has 0 saturated heterocycles. The van der Waals surface area contributed by atoms with Gasteiger partial charge in [-0.05, 0) is 29.2 Å². The molecule has 6 rings (SSSR count). The first kappa shape index (κ1) is 22.3. The average Bonchev–Trinajstić information content (AvgIpc) is 3.61. The summed E-state index contributed by atoms with van der Waals surface area (Å²) in [5.41, 5.74) is 4.48. The number of hydrogen-bond acceptors (Lipinski definition) is 4. The van der Waals surface area contributed by atoms with Crippen LogP contribution in [0.5, 0.6) is 0 Å². The second kappa shape index (κ2) is 9.82. The molecular formula is C32H28N2O2. The standard InChI is InChI=1S/C32H28N2O2/c1-22(31-33-27(23-14-6-2-7-15-23)29(35-31)25-18-10-4-11-19-25)32-34-28(24-16-8-3-9-17-24)30(36-32)26-20-12-5-13-21-26/h2-22,27-30H,1H3/t27-,28-,29+,30+/m1/s1. The van der Waals surface area contributed by atoms with E-state index in [1.165, 1.54) is 0 Å². The molecule has 0 aromatic heterocycles. The van der Waals surface area contributed by atoms with E-state index >= 15 is 0 Å².